The molecule has 1 amide bonds. The Hall–Kier alpha value is -2.36. The van der Waals surface area contributed by atoms with E-state index in [9.17, 15) is 4.79 Å². The van der Waals surface area contributed by atoms with Gasteiger partial charge < -0.3 is 14.2 Å². The van der Waals surface area contributed by atoms with Crippen molar-refractivity contribution in [1.82, 2.24) is 5.43 Å². The monoisotopic (exact) mass is 302 g/mol. The number of carbonyl (C=O) groups excluding carboxylic acids is 1. The third-order valence-electron chi connectivity index (χ3n) is 2.96. The number of benzene rings is 1. The summed E-state index contributed by atoms with van der Waals surface area (Å²) in [6.45, 7) is 2.93. The van der Waals surface area contributed by atoms with Crippen LogP contribution in [0.3, 0.4) is 0 Å². The molecule has 1 aliphatic rings. The summed E-state index contributed by atoms with van der Waals surface area (Å²) >= 11 is 0. The van der Waals surface area contributed by atoms with Crippen molar-refractivity contribution in [3.05, 3.63) is 29.8 Å². The van der Waals surface area contributed by atoms with Crippen LogP contribution in [0.5, 0.6) is 5.75 Å². The van der Waals surface area contributed by atoms with E-state index in [0.717, 1.165) is 5.56 Å². The second-order valence-corrected chi connectivity index (χ2v) is 4.87. The lowest BCUT2D eigenvalue weighted by Crippen LogP contribution is -2.33. The van der Waals surface area contributed by atoms with Gasteiger partial charge in [-0.25, -0.2) is 5.43 Å². The molecule has 0 aliphatic carbocycles. The van der Waals surface area contributed by atoms with E-state index in [1.54, 1.807) is 19.1 Å². The number of amides is 1. The van der Waals surface area contributed by atoms with Crippen LogP contribution in [0.1, 0.15) is 18.9 Å². The molecule has 0 spiro atoms. The highest BCUT2D eigenvalue weighted by atomic mass is 16.7. The molecule has 1 heterocycles. The molecule has 6 nitrogen and oxygen atoms in total. The summed E-state index contributed by atoms with van der Waals surface area (Å²) in [4.78, 5) is 11.8. The van der Waals surface area contributed by atoms with E-state index in [1.807, 2.05) is 12.1 Å². The molecule has 1 aromatic carbocycles. The van der Waals surface area contributed by atoms with Crippen LogP contribution >= 0.6 is 0 Å². The maximum absolute atomic E-state index is 11.8. The molecule has 1 aromatic rings. The Morgan fingerprint density at radius 3 is 3.05 bits per heavy atom. The van der Waals surface area contributed by atoms with Gasteiger partial charge in [0.05, 0.1) is 25.8 Å². The lowest BCUT2D eigenvalue weighted by Gasteiger charge is -2.20. The van der Waals surface area contributed by atoms with Crippen molar-refractivity contribution < 1.29 is 19.0 Å². The van der Waals surface area contributed by atoms with Gasteiger partial charge in [-0.1, -0.05) is 18.1 Å². The van der Waals surface area contributed by atoms with Gasteiger partial charge in [0.25, 0.3) is 0 Å². The second-order valence-electron chi connectivity index (χ2n) is 4.87. The summed E-state index contributed by atoms with van der Waals surface area (Å²) in [7, 11) is 0. The van der Waals surface area contributed by atoms with Crippen LogP contribution in [-0.2, 0) is 14.3 Å². The molecule has 1 fully saturated rings. The SMILES string of the molecule is C#CCOc1cccc(/C=N/NC(=O)CC2(C)OCCO2)c1. The van der Waals surface area contributed by atoms with E-state index in [0.29, 0.717) is 19.0 Å². The summed E-state index contributed by atoms with van der Waals surface area (Å²) in [5, 5.41) is 3.90. The maximum Gasteiger partial charge on any atom is 0.245 e. The van der Waals surface area contributed by atoms with Crippen LogP contribution in [0, 0.1) is 12.3 Å². The molecule has 0 unspecified atom stereocenters. The molecule has 1 aliphatic heterocycles. The molecule has 0 saturated carbocycles. The Morgan fingerprint density at radius 2 is 2.32 bits per heavy atom. The van der Waals surface area contributed by atoms with Crippen LogP contribution in [0.25, 0.3) is 0 Å². The zero-order valence-corrected chi connectivity index (χ0v) is 12.4. The van der Waals surface area contributed by atoms with Crippen LogP contribution in [-0.4, -0.2) is 37.7 Å². The fraction of sp³-hybridized carbons (Fsp3) is 0.375. The van der Waals surface area contributed by atoms with Crippen molar-refractivity contribution in [3.63, 3.8) is 0 Å². The Morgan fingerprint density at radius 1 is 1.55 bits per heavy atom. The van der Waals surface area contributed by atoms with E-state index < -0.39 is 5.79 Å². The van der Waals surface area contributed by atoms with E-state index in [1.165, 1.54) is 6.21 Å². The van der Waals surface area contributed by atoms with Gasteiger partial charge in [0.2, 0.25) is 5.91 Å². The zero-order chi connectivity index (χ0) is 15.8. The summed E-state index contributed by atoms with van der Waals surface area (Å²) < 4.78 is 16.0. The summed E-state index contributed by atoms with van der Waals surface area (Å²) in [5.41, 5.74) is 3.23. The standard InChI is InChI=1S/C16H18N2O4/c1-3-7-20-14-6-4-5-13(10-14)12-17-18-15(19)11-16(2)21-8-9-22-16/h1,4-6,10,12H,7-9,11H2,2H3,(H,18,19)/b17-12+. The molecular formula is C16H18N2O4. The highest BCUT2D eigenvalue weighted by molar-refractivity contribution is 5.83. The van der Waals surface area contributed by atoms with Crippen molar-refractivity contribution in [2.75, 3.05) is 19.8 Å². The Kier molecular flexibility index (Phi) is 5.53. The third kappa shape index (κ3) is 4.88. The molecule has 6 heteroatoms. The number of hydrogen-bond donors (Lipinski definition) is 1. The fourth-order valence-electron chi connectivity index (χ4n) is 1.98. The fourth-order valence-corrected chi connectivity index (χ4v) is 1.98. The Balaban J connectivity index is 1.84. The van der Waals surface area contributed by atoms with Gasteiger partial charge in [0.1, 0.15) is 12.4 Å². The highest BCUT2D eigenvalue weighted by Gasteiger charge is 2.33. The Bertz CT molecular complexity index is 586. The number of rotatable bonds is 6. The maximum atomic E-state index is 11.8. The lowest BCUT2D eigenvalue weighted by molar-refractivity contribution is -0.159. The first kappa shape index (κ1) is 16.0. The Labute approximate surface area is 129 Å². The number of carbonyl (C=O) groups is 1. The number of nitrogens with one attached hydrogen (secondary N) is 1. The topological polar surface area (TPSA) is 69.2 Å². The minimum absolute atomic E-state index is 0.0929. The smallest absolute Gasteiger partial charge is 0.245 e. The van der Waals surface area contributed by atoms with Crippen LogP contribution in [0.2, 0.25) is 0 Å². The van der Waals surface area contributed by atoms with E-state index >= 15 is 0 Å². The second kappa shape index (κ2) is 7.59. The van der Waals surface area contributed by atoms with Gasteiger partial charge in [-0.15, -0.1) is 6.42 Å². The van der Waals surface area contributed by atoms with Gasteiger partial charge >= 0.3 is 0 Å². The van der Waals surface area contributed by atoms with Crippen molar-refractivity contribution in [3.8, 4) is 18.1 Å². The largest absolute Gasteiger partial charge is 0.481 e. The van der Waals surface area contributed by atoms with Crippen molar-refractivity contribution in [2.45, 2.75) is 19.1 Å². The van der Waals surface area contributed by atoms with E-state index in [2.05, 4.69) is 16.4 Å². The summed E-state index contributed by atoms with van der Waals surface area (Å²) in [6, 6.07) is 7.22. The zero-order valence-electron chi connectivity index (χ0n) is 12.4. The van der Waals surface area contributed by atoms with E-state index in [4.69, 9.17) is 20.6 Å². The first-order chi connectivity index (χ1) is 10.6. The van der Waals surface area contributed by atoms with Crippen LogP contribution < -0.4 is 10.2 Å². The van der Waals surface area contributed by atoms with Crippen molar-refractivity contribution in [2.24, 2.45) is 5.10 Å². The lowest BCUT2D eigenvalue weighted by atomic mass is 10.2. The molecule has 0 aromatic heterocycles. The molecule has 0 atom stereocenters. The first-order valence-corrected chi connectivity index (χ1v) is 6.87. The number of ether oxygens (including phenoxy) is 3. The van der Waals surface area contributed by atoms with Gasteiger partial charge in [-0.3, -0.25) is 4.79 Å². The minimum atomic E-state index is -0.859. The summed E-state index contributed by atoms with van der Waals surface area (Å²) in [6.07, 6.45) is 6.76. The molecular weight excluding hydrogens is 284 g/mol. The molecule has 116 valence electrons. The van der Waals surface area contributed by atoms with Gasteiger partial charge in [-0.2, -0.15) is 5.10 Å². The first-order valence-electron chi connectivity index (χ1n) is 6.87. The van der Waals surface area contributed by atoms with Gasteiger partial charge in [0.15, 0.2) is 5.79 Å². The predicted octanol–water partition coefficient (Wildman–Crippen LogP) is 1.30. The van der Waals surface area contributed by atoms with E-state index in [-0.39, 0.29) is 18.9 Å². The quantitative estimate of drug-likeness (QED) is 0.488. The van der Waals surface area contributed by atoms with Crippen molar-refractivity contribution in [1.29, 1.82) is 0 Å². The van der Waals surface area contributed by atoms with Crippen LogP contribution in [0.15, 0.2) is 29.4 Å². The van der Waals surface area contributed by atoms with Gasteiger partial charge in [0, 0.05) is 0 Å². The van der Waals surface area contributed by atoms with Crippen molar-refractivity contribution >= 4 is 12.1 Å². The van der Waals surface area contributed by atoms with Gasteiger partial charge in [-0.05, 0) is 24.6 Å². The third-order valence-corrected chi connectivity index (χ3v) is 2.96. The summed E-state index contributed by atoms with van der Waals surface area (Å²) in [5.74, 6) is 1.91. The molecule has 0 bridgehead atoms. The number of terminal acetylenes is 1. The molecule has 1 saturated heterocycles. The normalized spacial score (nSPS) is 16.4. The van der Waals surface area contributed by atoms with Crippen LogP contribution in [0.4, 0.5) is 0 Å². The number of hydrazone groups is 1. The number of hydrogen-bond acceptors (Lipinski definition) is 5. The average Bonchev–Trinajstić information content (AvgIpc) is 2.91. The molecule has 0 radical (unpaired) electrons. The highest BCUT2D eigenvalue weighted by Crippen LogP contribution is 2.22. The minimum Gasteiger partial charge on any atom is -0.481 e. The predicted molar refractivity (Wildman–Crippen MR) is 81.4 cm³/mol. The molecule has 1 N–H and O–H groups in total. The number of nitrogens with zero attached hydrogens (tertiary/aromatic N) is 1. The molecule has 22 heavy (non-hydrogen) atoms. The molecule has 2 rings (SSSR count). The average molecular weight is 302 g/mol.